The summed E-state index contributed by atoms with van der Waals surface area (Å²) in [6.45, 7) is 0.817. The van der Waals surface area contributed by atoms with E-state index in [2.05, 4.69) is 52.0 Å². The van der Waals surface area contributed by atoms with Crippen LogP contribution in [0.4, 0.5) is 0 Å². The minimum atomic E-state index is 0.817. The molecule has 0 bridgehead atoms. The predicted octanol–water partition coefficient (Wildman–Crippen LogP) is 3.20. The molecule has 1 aromatic heterocycles. The first-order chi connectivity index (χ1) is 7.34. The highest BCUT2D eigenvalue weighted by Crippen LogP contribution is 2.03. The second kappa shape index (κ2) is 5.11. The molecular weight excluding hydrogens is 299 g/mol. The van der Waals surface area contributed by atoms with E-state index in [1.165, 1.54) is 9.13 Å². The second-order valence-corrected chi connectivity index (χ2v) is 4.44. The third-order valence-corrected chi connectivity index (χ3v) is 2.56. The molecule has 0 fully saturated rings. The van der Waals surface area contributed by atoms with Crippen molar-refractivity contribution in [3.8, 4) is 0 Å². The quantitative estimate of drug-likeness (QED) is 0.796. The van der Waals surface area contributed by atoms with Crippen LogP contribution in [0.5, 0.6) is 0 Å². The van der Waals surface area contributed by atoms with Crippen LogP contribution in [0.2, 0.25) is 0 Å². The average Bonchev–Trinajstić information content (AvgIpc) is 2.66. The molecule has 15 heavy (non-hydrogen) atoms. The largest absolute Gasteiger partial charge is 0.268 e. The van der Waals surface area contributed by atoms with E-state index < -0.39 is 0 Å². The zero-order valence-electron chi connectivity index (χ0n) is 8.18. The number of hydrogen-bond acceptors (Lipinski definition) is 1. The lowest BCUT2D eigenvalue weighted by Gasteiger charge is -1.94. The molecule has 0 unspecified atom stereocenters. The first kappa shape index (κ1) is 10.4. The summed E-state index contributed by atoms with van der Waals surface area (Å²) in [6, 6.07) is 10.3. The fourth-order valence-corrected chi connectivity index (χ4v) is 1.75. The van der Waals surface area contributed by atoms with Crippen molar-refractivity contribution < 1.29 is 0 Å². The smallest absolute Gasteiger partial charge is 0.0623 e. The van der Waals surface area contributed by atoms with Crippen LogP contribution in [0.3, 0.4) is 0 Å². The Balaban J connectivity index is 1.96. The van der Waals surface area contributed by atoms with Gasteiger partial charge in [0.1, 0.15) is 0 Å². The van der Waals surface area contributed by atoms with Crippen molar-refractivity contribution in [3.63, 3.8) is 0 Å². The van der Waals surface area contributed by atoms with Crippen LogP contribution in [0, 0.1) is 3.57 Å². The van der Waals surface area contributed by atoms with Crippen molar-refractivity contribution in [1.82, 2.24) is 9.78 Å². The van der Waals surface area contributed by atoms with E-state index >= 15 is 0 Å². The van der Waals surface area contributed by atoms with E-state index in [4.69, 9.17) is 0 Å². The third-order valence-electron chi connectivity index (χ3n) is 2.00. The number of allylic oxidation sites excluding steroid dienone is 1. The summed E-state index contributed by atoms with van der Waals surface area (Å²) in [5.41, 5.74) is 1.22. The van der Waals surface area contributed by atoms with Crippen LogP contribution >= 0.6 is 22.6 Å². The van der Waals surface area contributed by atoms with E-state index in [9.17, 15) is 0 Å². The number of benzene rings is 1. The molecule has 76 valence electrons. The first-order valence-electron chi connectivity index (χ1n) is 4.74. The van der Waals surface area contributed by atoms with Crippen LogP contribution in [-0.2, 0) is 6.54 Å². The summed E-state index contributed by atoms with van der Waals surface area (Å²) in [5, 5.41) is 4.20. The molecule has 0 spiro atoms. The van der Waals surface area contributed by atoms with Crippen molar-refractivity contribution in [2.45, 2.75) is 6.54 Å². The predicted molar refractivity (Wildman–Crippen MR) is 70.4 cm³/mol. The van der Waals surface area contributed by atoms with Gasteiger partial charge in [-0.2, -0.15) is 5.10 Å². The van der Waals surface area contributed by atoms with Gasteiger partial charge in [-0.05, 0) is 28.2 Å². The maximum atomic E-state index is 4.20. The third kappa shape index (κ3) is 3.20. The molecule has 1 heterocycles. The molecule has 0 amide bonds. The minimum absolute atomic E-state index is 0.817. The fourth-order valence-electron chi connectivity index (χ4n) is 1.30. The monoisotopic (exact) mass is 310 g/mol. The van der Waals surface area contributed by atoms with Gasteiger partial charge in [0.05, 0.1) is 16.3 Å². The molecular formula is C12H11IN2. The van der Waals surface area contributed by atoms with Crippen LogP contribution in [0.1, 0.15) is 5.56 Å². The second-order valence-electron chi connectivity index (χ2n) is 3.19. The Hall–Kier alpha value is -1.10. The Morgan fingerprint density at radius 2 is 2.07 bits per heavy atom. The van der Waals surface area contributed by atoms with Gasteiger partial charge in [0, 0.05) is 6.20 Å². The molecule has 0 aliphatic rings. The number of nitrogens with zero attached hydrogens (tertiary/aromatic N) is 2. The summed E-state index contributed by atoms with van der Waals surface area (Å²) in [5.74, 6) is 0. The summed E-state index contributed by atoms with van der Waals surface area (Å²) in [6.07, 6.45) is 8.10. The molecule has 1 aromatic carbocycles. The SMILES string of the molecule is Ic1cnn(C/C=C/c2ccccc2)c1. The maximum absolute atomic E-state index is 4.20. The van der Waals surface area contributed by atoms with Gasteiger partial charge in [-0.25, -0.2) is 0 Å². The Morgan fingerprint density at radius 3 is 2.73 bits per heavy atom. The van der Waals surface area contributed by atoms with E-state index in [1.54, 1.807) is 0 Å². The molecule has 0 aliphatic carbocycles. The van der Waals surface area contributed by atoms with Gasteiger partial charge in [0.2, 0.25) is 0 Å². The summed E-state index contributed by atoms with van der Waals surface area (Å²) in [4.78, 5) is 0. The summed E-state index contributed by atoms with van der Waals surface area (Å²) < 4.78 is 3.09. The Bertz CT molecular complexity index is 446. The van der Waals surface area contributed by atoms with Gasteiger partial charge in [-0.3, -0.25) is 4.68 Å². The molecule has 0 saturated carbocycles. The highest BCUT2D eigenvalue weighted by atomic mass is 127. The van der Waals surface area contributed by atoms with Crippen molar-refractivity contribution in [2.75, 3.05) is 0 Å². The zero-order valence-corrected chi connectivity index (χ0v) is 10.3. The number of rotatable bonds is 3. The van der Waals surface area contributed by atoms with Crippen molar-refractivity contribution in [1.29, 1.82) is 0 Å². The molecule has 2 nitrogen and oxygen atoms in total. The molecule has 0 atom stereocenters. The van der Waals surface area contributed by atoms with Crippen molar-refractivity contribution in [3.05, 3.63) is 57.9 Å². The van der Waals surface area contributed by atoms with Gasteiger partial charge in [0.25, 0.3) is 0 Å². The number of aromatic nitrogens is 2. The highest BCUT2D eigenvalue weighted by Gasteiger charge is 1.90. The number of halogens is 1. The topological polar surface area (TPSA) is 17.8 Å². The zero-order chi connectivity index (χ0) is 10.5. The Kier molecular flexibility index (Phi) is 3.55. The van der Waals surface area contributed by atoms with E-state index in [1.807, 2.05) is 35.3 Å². The van der Waals surface area contributed by atoms with Crippen LogP contribution < -0.4 is 0 Å². The Morgan fingerprint density at radius 1 is 1.27 bits per heavy atom. The van der Waals surface area contributed by atoms with Gasteiger partial charge in [0.15, 0.2) is 0 Å². The lowest BCUT2D eigenvalue weighted by molar-refractivity contribution is 0.703. The standard InChI is InChI=1S/C12H11IN2/c13-12-9-14-15(10-12)8-4-7-11-5-2-1-3-6-11/h1-7,9-10H,8H2/b7-4+. The van der Waals surface area contributed by atoms with Crippen LogP contribution in [-0.4, -0.2) is 9.78 Å². The van der Waals surface area contributed by atoms with Gasteiger partial charge >= 0.3 is 0 Å². The minimum Gasteiger partial charge on any atom is -0.268 e. The van der Waals surface area contributed by atoms with Gasteiger partial charge in [-0.1, -0.05) is 42.5 Å². The molecule has 2 rings (SSSR count). The van der Waals surface area contributed by atoms with Crippen LogP contribution in [0.15, 0.2) is 48.8 Å². The van der Waals surface area contributed by atoms with E-state index in [0.717, 1.165) is 6.54 Å². The summed E-state index contributed by atoms with van der Waals surface area (Å²) in [7, 11) is 0. The molecule has 0 aliphatic heterocycles. The molecule has 0 saturated heterocycles. The summed E-state index contributed by atoms with van der Waals surface area (Å²) >= 11 is 2.26. The van der Waals surface area contributed by atoms with E-state index in [0.29, 0.717) is 0 Å². The molecule has 3 heteroatoms. The number of hydrogen-bond donors (Lipinski definition) is 0. The lowest BCUT2D eigenvalue weighted by atomic mass is 10.2. The normalized spacial score (nSPS) is 11.0. The highest BCUT2D eigenvalue weighted by molar-refractivity contribution is 14.1. The van der Waals surface area contributed by atoms with Gasteiger partial charge < -0.3 is 0 Å². The van der Waals surface area contributed by atoms with E-state index in [-0.39, 0.29) is 0 Å². The maximum Gasteiger partial charge on any atom is 0.0623 e. The Labute approximate surface area is 103 Å². The van der Waals surface area contributed by atoms with Gasteiger partial charge in [-0.15, -0.1) is 0 Å². The van der Waals surface area contributed by atoms with Crippen molar-refractivity contribution >= 4 is 28.7 Å². The lowest BCUT2D eigenvalue weighted by Crippen LogP contribution is -1.94. The first-order valence-corrected chi connectivity index (χ1v) is 5.82. The molecule has 0 radical (unpaired) electrons. The van der Waals surface area contributed by atoms with Crippen molar-refractivity contribution in [2.24, 2.45) is 0 Å². The average molecular weight is 310 g/mol. The molecule has 2 aromatic rings. The fraction of sp³-hybridized carbons (Fsp3) is 0.0833. The van der Waals surface area contributed by atoms with Crippen LogP contribution in [0.25, 0.3) is 6.08 Å². The molecule has 0 N–H and O–H groups in total.